The van der Waals surface area contributed by atoms with Crippen LogP contribution < -0.4 is 10.5 Å². The van der Waals surface area contributed by atoms with Gasteiger partial charge in [0.25, 0.3) is 5.69 Å². The van der Waals surface area contributed by atoms with Gasteiger partial charge in [0, 0.05) is 31.7 Å². The van der Waals surface area contributed by atoms with Crippen molar-refractivity contribution in [2.24, 2.45) is 5.14 Å². The highest BCUT2D eigenvalue weighted by molar-refractivity contribution is 7.89. The topological polar surface area (TPSA) is 139 Å². The molecule has 9 nitrogen and oxygen atoms in total. The molecule has 1 aliphatic rings. The highest BCUT2D eigenvalue weighted by atomic mass is 32.2. The fourth-order valence-electron chi connectivity index (χ4n) is 2.62. The third-order valence-corrected chi connectivity index (χ3v) is 4.77. The van der Waals surface area contributed by atoms with E-state index < -0.39 is 14.9 Å². The number of benzene rings is 1. The minimum Gasteiger partial charge on any atom is -0.395 e. The Morgan fingerprint density at radius 1 is 1.39 bits per heavy atom. The number of aliphatic hydroxyl groups excluding tert-OH is 1. The van der Waals surface area contributed by atoms with Crippen LogP contribution in [0.5, 0.6) is 0 Å². The molecule has 0 radical (unpaired) electrons. The molecule has 1 fully saturated rings. The van der Waals surface area contributed by atoms with E-state index in [0.717, 1.165) is 32.0 Å². The molecule has 2 rings (SSSR count). The summed E-state index contributed by atoms with van der Waals surface area (Å²) < 4.78 is 22.6. The summed E-state index contributed by atoms with van der Waals surface area (Å²) >= 11 is 0. The summed E-state index contributed by atoms with van der Waals surface area (Å²) in [5.74, 6) is 0. The van der Waals surface area contributed by atoms with E-state index in [2.05, 4.69) is 10.2 Å². The molecule has 1 aromatic rings. The Morgan fingerprint density at radius 3 is 2.57 bits per heavy atom. The minimum absolute atomic E-state index is 0.0592. The van der Waals surface area contributed by atoms with Crippen LogP contribution in [0.15, 0.2) is 23.1 Å². The number of hydrogen-bond donors (Lipinski definition) is 3. The van der Waals surface area contributed by atoms with Gasteiger partial charge in [-0.3, -0.25) is 10.1 Å². The molecular formula is C13H20N4O5S. The summed E-state index contributed by atoms with van der Waals surface area (Å²) in [5, 5.41) is 28.2. The number of nitro groups is 1. The number of hydrogen-bond acceptors (Lipinski definition) is 7. The van der Waals surface area contributed by atoms with Crippen molar-refractivity contribution < 1.29 is 18.4 Å². The number of likely N-dealkylation sites (tertiary alicyclic amines) is 1. The van der Waals surface area contributed by atoms with Crippen LogP contribution in [-0.4, -0.2) is 55.6 Å². The lowest BCUT2D eigenvalue weighted by atomic mass is 10.0. The highest BCUT2D eigenvalue weighted by Crippen LogP contribution is 2.29. The lowest BCUT2D eigenvalue weighted by Crippen LogP contribution is -2.40. The van der Waals surface area contributed by atoms with Crippen LogP contribution in [0, 0.1) is 10.1 Å². The van der Waals surface area contributed by atoms with Crippen molar-refractivity contribution in [2.45, 2.75) is 23.8 Å². The monoisotopic (exact) mass is 344 g/mol. The highest BCUT2D eigenvalue weighted by Gasteiger charge is 2.23. The predicted octanol–water partition coefficient (Wildman–Crippen LogP) is 0.111. The van der Waals surface area contributed by atoms with E-state index in [1.165, 1.54) is 12.1 Å². The van der Waals surface area contributed by atoms with Crippen molar-refractivity contribution >= 4 is 21.4 Å². The first-order chi connectivity index (χ1) is 10.8. The second-order valence-electron chi connectivity index (χ2n) is 5.46. The average Bonchev–Trinajstić information content (AvgIpc) is 2.48. The number of anilines is 1. The van der Waals surface area contributed by atoms with E-state index in [9.17, 15) is 18.5 Å². The normalized spacial score (nSPS) is 17.1. The average molecular weight is 344 g/mol. The lowest BCUT2D eigenvalue weighted by molar-refractivity contribution is -0.384. The maximum atomic E-state index is 11.3. The molecule has 0 bridgehead atoms. The number of nitro benzene ring substituents is 1. The van der Waals surface area contributed by atoms with E-state index in [1.807, 2.05) is 0 Å². The van der Waals surface area contributed by atoms with E-state index in [-0.39, 0.29) is 28.9 Å². The van der Waals surface area contributed by atoms with Gasteiger partial charge in [-0.1, -0.05) is 0 Å². The number of β-amino-alcohol motifs (C(OH)–C–C–N with tert-alkyl or cyclic N) is 1. The van der Waals surface area contributed by atoms with Crippen molar-refractivity contribution in [2.75, 3.05) is 31.6 Å². The Balaban J connectivity index is 2.13. The molecule has 0 atom stereocenters. The molecule has 0 saturated carbocycles. The summed E-state index contributed by atoms with van der Waals surface area (Å²) in [4.78, 5) is 12.4. The summed E-state index contributed by atoms with van der Waals surface area (Å²) in [6, 6.07) is 3.66. The third-order valence-electron chi connectivity index (χ3n) is 3.86. The first-order valence-electron chi connectivity index (χ1n) is 7.22. The molecule has 23 heavy (non-hydrogen) atoms. The Bertz CT molecular complexity index is 671. The molecule has 1 heterocycles. The molecule has 0 unspecified atom stereocenters. The minimum atomic E-state index is -3.98. The van der Waals surface area contributed by atoms with Crippen LogP contribution in [0.2, 0.25) is 0 Å². The van der Waals surface area contributed by atoms with E-state index >= 15 is 0 Å². The van der Waals surface area contributed by atoms with Crippen molar-refractivity contribution in [3.63, 3.8) is 0 Å². The fraction of sp³-hybridized carbons (Fsp3) is 0.538. The SMILES string of the molecule is NS(=O)(=O)c1ccc(NC2CCN(CCO)CC2)c([N+](=O)[O-])c1. The van der Waals surface area contributed by atoms with Crippen molar-refractivity contribution in [1.82, 2.24) is 4.90 Å². The molecule has 0 spiro atoms. The number of primary sulfonamides is 1. The lowest BCUT2D eigenvalue weighted by Gasteiger charge is -2.32. The molecule has 128 valence electrons. The second kappa shape index (κ2) is 7.21. The largest absolute Gasteiger partial charge is 0.395 e. The van der Waals surface area contributed by atoms with E-state index in [1.54, 1.807) is 0 Å². The van der Waals surface area contributed by atoms with Crippen LogP contribution in [0.1, 0.15) is 12.8 Å². The molecule has 0 amide bonds. The van der Waals surface area contributed by atoms with Gasteiger partial charge in [0.1, 0.15) is 5.69 Å². The first-order valence-corrected chi connectivity index (χ1v) is 8.77. The molecule has 1 aromatic carbocycles. The van der Waals surface area contributed by atoms with Gasteiger partial charge in [0.05, 0.1) is 16.4 Å². The van der Waals surface area contributed by atoms with Gasteiger partial charge in [0.15, 0.2) is 0 Å². The van der Waals surface area contributed by atoms with Crippen LogP contribution in [0.3, 0.4) is 0 Å². The van der Waals surface area contributed by atoms with Gasteiger partial charge in [-0.2, -0.15) is 0 Å². The molecular weight excluding hydrogens is 324 g/mol. The Kier molecular flexibility index (Phi) is 5.52. The molecule has 4 N–H and O–H groups in total. The quantitative estimate of drug-likeness (QED) is 0.491. The number of nitrogens with zero attached hydrogens (tertiary/aromatic N) is 2. The zero-order valence-electron chi connectivity index (χ0n) is 12.5. The van der Waals surface area contributed by atoms with Gasteiger partial charge in [-0.25, -0.2) is 13.6 Å². The number of aliphatic hydroxyl groups is 1. The Labute approximate surface area is 134 Å². The Hall–Kier alpha value is -1.75. The van der Waals surface area contributed by atoms with Crippen LogP contribution in [-0.2, 0) is 10.0 Å². The Morgan fingerprint density at radius 2 is 2.04 bits per heavy atom. The number of rotatable bonds is 6. The summed E-state index contributed by atoms with van der Waals surface area (Å²) in [7, 11) is -3.98. The van der Waals surface area contributed by atoms with Gasteiger partial charge >= 0.3 is 0 Å². The second-order valence-corrected chi connectivity index (χ2v) is 7.03. The third kappa shape index (κ3) is 4.61. The fourth-order valence-corrected chi connectivity index (χ4v) is 3.16. The molecule has 0 aliphatic carbocycles. The summed E-state index contributed by atoms with van der Waals surface area (Å²) in [6.07, 6.45) is 1.57. The summed E-state index contributed by atoms with van der Waals surface area (Å²) in [5.41, 5.74) is -0.0303. The molecule has 0 aromatic heterocycles. The maximum Gasteiger partial charge on any atom is 0.293 e. The smallest absolute Gasteiger partial charge is 0.293 e. The number of nitrogens with two attached hydrogens (primary N) is 1. The maximum absolute atomic E-state index is 11.3. The molecule has 10 heteroatoms. The van der Waals surface area contributed by atoms with Gasteiger partial charge in [-0.15, -0.1) is 0 Å². The number of sulfonamides is 1. The molecule has 1 aliphatic heterocycles. The van der Waals surface area contributed by atoms with Crippen molar-refractivity contribution in [3.05, 3.63) is 28.3 Å². The van der Waals surface area contributed by atoms with Gasteiger partial charge < -0.3 is 15.3 Å². The van der Waals surface area contributed by atoms with Gasteiger partial charge in [-0.05, 0) is 25.0 Å². The number of nitrogens with one attached hydrogen (secondary N) is 1. The van der Waals surface area contributed by atoms with Crippen molar-refractivity contribution in [3.8, 4) is 0 Å². The predicted molar refractivity (Wildman–Crippen MR) is 84.6 cm³/mol. The van der Waals surface area contributed by atoms with Crippen molar-refractivity contribution in [1.29, 1.82) is 0 Å². The van der Waals surface area contributed by atoms with Crippen LogP contribution in [0.4, 0.5) is 11.4 Å². The van der Waals surface area contributed by atoms with E-state index in [0.29, 0.717) is 6.54 Å². The zero-order valence-corrected chi connectivity index (χ0v) is 13.3. The molecule has 1 saturated heterocycles. The van der Waals surface area contributed by atoms with E-state index in [4.69, 9.17) is 10.2 Å². The standard InChI is InChI=1S/C13H20N4O5S/c14-23(21,22)11-1-2-12(13(9-11)17(19)20)15-10-3-5-16(6-4-10)7-8-18/h1-2,9-10,15,18H,3-8H2,(H2,14,21,22). The number of piperidine rings is 1. The van der Waals surface area contributed by atoms with Gasteiger partial charge in [0.2, 0.25) is 10.0 Å². The van der Waals surface area contributed by atoms with Crippen LogP contribution in [0.25, 0.3) is 0 Å². The zero-order chi connectivity index (χ0) is 17.0. The summed E-state index contributed by atoms with van der Waals surface area (Å²) in [6.45, 7) is 2.32. The van der Waals surface area contributed by atoms with Crippen LogP contribution >= 0.6 is 0 Å². The first kappa shape index (κ1) is 17.6.